The molecule has 4 rings (SSSR count). The molecule has 0 bridgehead atoms. The summed E-state index contributed by atoms with van der Waals surface area (Å²) in [4.78, 5) is 35.1. The van der Waals surface area contributed by atoms with Crippen LogP contribution in [-0.4, -0.2) is 50.2 Å². The van der Waals surface area contributed by atoms with Crippen molar-refractivity contribution in [3.05, 3.63) is 30.4 Å². The van der Waals surface area contributed by atoms with Crippen molar-refractivity contribution in [1.29, 1.82) is 0 Å². The average Bonchev–Trinajstić information content (AvgIpc) is 3.33. The lowest BCUT2D eigenvalue weighted by Crippen LogP contribution is -2.37. The van der Waals surface area contributed by atoms with Crippen LogP contribution >= 0.6 is 0 Å². The summed E-state index contributed by atoms with van der Waals surface area (Å²) in [6.07, 6.45) is 11.1. The number of imidazole rings is 1. The Morgan fingerprint density at radius 3 is 2.96 bits per heavy atom. The third-order valence-corrected chi connectivity index (χ3v) is 5.26. The largest absolute Gasteiger partial charge is 0.355 e. The number of nitrogens with zero attached hydrogens (tertiary/aromatic N) is 4. The van der Waals surface area contributed by atoms with Crippen LogP contribution in [0.25, 0.3) is 5.78 Å². The summed E-state index contributed by atoms with van der Waals surface area (Å²) in [6.45, 7) is 1.10. The Morgan fingerprint density at radius 1 is 1.32 bits per heavy atom. The Hall–Kier alpha value is -2.44. The molecule has 0 radical (unpaired) electrons. The Balaban J connectivity index is 1.28. The van der Waals surface area contributed by atoms with Gasteiger partial charge in [-0.3, -0.25) is 14.0 Å². The topological polar surface area (TPSA) is 79.6 Å². The average molecular weight is 341 g/mol. The normalized spacial score (nSPS) is 21.4. The minimum absolute atomic E-state index is 0.0178. The molecular formula is C18H23N5O2. The van der Waals surface area contributed by atoms with E-state index in [9.17, 15) is 9.59 Å². The molecule has 2 aliphatic rings. The van der Waals surface area contributed by atoms with E-state index in [1.807, 2.05) is 27.8 Å². The van der Waals surface area contributed by atoms with Gasteiger partial charge in [-0.2, -0.15) is 0 Å². The van der Waals surface area contributed by atoms with Crippen LogP contribution < -0.4 is 5.32 Å². The maximum absolute atomic E-state index is 12.4. The maximum Gasteiger partial charge on any atom is 0.233 e. The van der Waals surface area contributed by atoms with Gasteiger partial charge in [-0.15, -0.1) is 0 Å². The van der Waals surface area contributed by atoms with Crippen molar-refractivity contribution in [2.45, 2.75) is 44.6 Å². The Bertz CT molecular complexity index is 748. The number of carbonyl (C=O) groups is 2. The van der Waals surface area contributed by atoms with Gasteiger partial charge in [0.25, 0.3) is 0 Å². The van der Waals surface area contributed by atoms with Crippen LogP contribution in [0.3, 0.4) is 0 Å². The standard InChI is InChI=1S/C18H23N5O2/c24-16-10-13(11-23(16)15-4-1-2-5-15)17(25)19-8-6-14-12-22-9-3-7-20-18(22)21-14/h3,7,9,12-13,15H,1-2,4-6,8,10-11H2,(H,19,25)/t13-/m0/s1. The van der Waals surface area contributed by atoms with Crippen molar-refractivity contribution in [2.24, 2.45) is 5.92 Å². The fourth-order valence-electron chi connectivity index (χ4n) is 3.93. The number of nitrogens with one attached hydrogen (secondary N) is 1. The number of likely N-dealkylation sites (tertiary alicyclic amines) is 1. The molecule has 1 atom stereocenters. The van der Waals surface area contributed by atoms with Crippen LogP contribution in [-0.2, 0) is 16.0 Å². The lowest BCUT2D eigenvalue weighted by atomic mass is 10.1. The smallest absolute Gasteiger partial charge is 0.233 e. The first kappa shape index (κ1) is 16.1. The predicted octanol–water partition coefficient (Wildman–Crippen LogP) is 1.18. The number of hydrogen-bond acceptors (Lipinski definition) is 4. The number of rotatable bonds is 5. The number of amides is 2. The summed E-state index contributed by atoms with van der Waals surface area (Å²) in [5, 5.41) is 2.96. The van der Waals surface area contributed by atoms with Crippen molar-refractivity contribution in [3.63, 3.8) is 0 Å². The molecule has 0 aromatic carbocycles. The van der Waals surface area contributed by atoms with Gasteiger partial charge in [0.15, 0.2) is 0 Å². The first-order chi connectivity index (χ1) is 12.2. The van der Waals surface area contributed by atoms with Crippen molar-refractivity contribution in [3.8, 4) is 0 Å². The van der Waals surface area contributed by atoms with Gasteiger partial charge in [0.05, 0.1) is 11.6 Å². The van der Waals surface area contributed by atoms with Crippen LogP contribution in [0.1, 0.15) is 37.8 Å². The number of hydrogen-bond donors (Lipinski definition) is 1. The molecule has 1 aliphatic carbocycles. The number of carbonyl (C=O) groups excluding carboxylic acids is 2. The zero-order chi connectivity index (χ0) is 17.2. The minimum Gasteiger partial charge on any atom is -0.355 e. The lowest BCUT2D eigenvalue weighted by molar-refractivity contribution is -0.130. The zero-order valence-corrected chi connectivity index (χ0v) is 14.2. The third-order valence-electron chi connectivity index (χ3n) is 5.26. The molecule has 0 spiro atoms. The SMILES string of the molecule is O=C(NCCc1cn2cccnc2n1)[C@H]1CC(=O)N(C2CCCC2)C1. The van der Waals surface area contributed by atoms with E-state index in [0.717, 1.165) is 18.5 Å². The Labute approximate surface area is 146 Å². The molecule has 3 heterocycles. The maximum atomic E-state index is 12.4. The van der Waals surface area contributed by atoms with Gasteiger partial charge < -0.3 is 10.2 Å². The fourth-order valence-corrected chi connectivity index (χ4v) is 3.93. The van der Waals surface area contributed by atoms with E-state index in [0.29, 0.717) is 37.8 Å². The van der Waals surface area contributed by atoms with Gasteiger partial charge in [0.2, 0.25) is 17.6 Å². The summed E-state index contributed by atoms with van der Waals surface area (Å²) in [7, 11) is 0. The lowest BCUT2D eigenvalue weighted by Gasteiger charge is -2.23. The molecule has 2 fully saturated rings. The number of aromatic nitrogens is 3. The van der Waals surface area contributed by atoms with Crippen molar-refractivity contribution in [1.82, 2.24) is 24.6 Å². The van der Waals surface area contributed by atoms with Crippen molar-refractivity contribution >= 4 is 17.6 Å². The summed E-state index contributed by atoms with van der Waals surface area (Å²) < 4.78 is 1.87. The predicted molar refractivity (Wildman–Crippen MR) is 91.8 cm³/mol. The molecule has 7 nitrogen and oxygen atoms in total. The minimum atomic E-state index is -0.212. The Kier molecular flexibility index (Phi) is 4.38. The van der Waals surface area contributed by atoms with Crippen LogP contribution in [0.5, 0.6) is 0 Å². The van der Waals surface area contributed by atoms with Crippen LogP contribution in [0.2, 0.25) is 0 Å². The molecule has 2 amide bonds. The van der Waals surface area contributed by atoms with E-state index in [1.165, 1.54) is 12.8 Å². The molecule has 0 unspecified atom stereocenters. The first-order valence-electron chi connectivity index (χ1n) is 9.06. The molecule has 2 aromatic heterocycles. The van der Waals surface area contributed by atoms with E-state index >= 15 is 0 Å². The fraction of sp³-hybridized carbons (Fsp3) is 0.556. The van der Waals surface area contributed by atoms with Crippen LogP contribution in [0, 0.1) is 5.92 Å². The van der Waals surface area contributed by atoms with Gasteiger partial charge in [0, 0.05) is 50.6 Å². The van der Waals surface area contributed by atoms with E-state index in [2.05, 4.69) is 15.3 Å². The summed E-state index contributed by atoms with van der Waals surface area (Å²) in [5.74, 6) is 0.572. The van der Waals surface area contributed by atoms with Crippen LogP contribution in [0.4, 0.5) is 0 Å². The highest BCUT2D eigenvalue weighted by Crippen LogP contribution is 2.29. The molecule has 7 heteroatoms. The molecular weight excluding hydrogens is 318 g/mol. The molecule has 1 saturated carbocycles. The van der Waals surface area contributed by atoms with Crippen molar-refractivity contribution < 1.29 is 9.59 Å². The highest BCUT2D eigenvalue weighted by atomic mass is 16.2. The zero-order valence-electron chi connectivity index (χ0n) is 14.2. The van der Waals surface area contributed by atoms with Crippen molar-refractivity contribution in [2.75, 3.05) is 13.1 Å². The molecule has 132 valence electrons. The molecule has 25 heavy (non-hydrogen) atoms. The van der Waals surface area contributed by atoms with Gasteiger partial charge in [-0.05, 0) is 18.9 Å². The highest BCUT2D eigenvalue weighted by Gasteiger charge is 2.38. The first-order valence-corrected chi connectivity index (χ1v) is 9.06. The van der Waals surface area contributed by atoms with Gasteiger partial charge >= 0.3 is 0 Å². The number of fused-ring (bicyclic) bond motifs is 1. The van der Waals surface area contributed by atoms with Gasteiger partial charge in [-0.1, -0.05) is 12.8 Å². The summed E-state index contributed by atoms with van der Waals surface area (Å²) in [6, 6.07) is 2.21. The molecule has 1 N–H and O–H groups in total. The second-order valence-electron chi connectivity index (χ2n) is 6.99. The Morgan fingerprint density at radius 2 is 2.16 bits per heavy atom. The summed E-state index contributed by atoms with van der Waals surface area (Å²) >= 11 is 0. The van der Waals surface area contributed by atoms with Gasteiger partial charge in [-0.25, -0.2) is 9.97 Å². The second-order valence-corrected chi connectivity index (χ2v) is 6.99. The van der Waals surface area contributed by atoms with E-state index in [4.69, 9.17) is 0 Å². The summed E-state index contributed by atoms with van der Waals surface area (Å²) in [5.41, 5.74) is 0.897. The highest BCUT2D eigenvalue weighted by molar-refractivity contribution is 5.89. The van der Waals surface area contributed by atoms with E-state index in [-0.39, 0.29) is 17.7 Å². The van der Waals surface area contributed by atoms with E-state index < -0.39 is 0 Å². The van der Waals surface area contributed by atoms with E-state index in [1.54, 1.807) is 6.20 Å². The monoisotopic (exact) mass is 341 g/mol. The molecule has 1 saturated heterocycles. The molecule has 2 aromatic rings. The second kappa shape index (κ2) is 6.82. The van der Waals surface area contributed by atoms with Gasteiger partial charge in [0.1, 0.15) is 0 Å². The van der Waals surface area contributed by atoms with Crippen LogP contribution in [0.15, 0.2) is 24.7 Å². The molecule has 1 aliphatic heterocycles. The quantitative estimate of drug-likeness (QED) is 0.886. The third kappa shape index (κ3) is 3.36.